The maximum absolute atomic E-state index is 5.62. The summed E-state index contributed by atoms with van der Waals surface area (Å²) >= 11 is 0. The molecule has 16 heavy (non-hydrogen) atoms. The van der Waals surface area contributed by atoms with Crippen LogP contribution in [0.4, 0.5) is 0 Å². The lowest BCUT2D eigenvalue weighted by atomic mass is 9.94. The van der Waals surface area contributed by atoms with Crippen molar-refractivity contribution in [3.63, 3.8) is 0 Å². The van der Waals surface area contributed by atoms with E-state index in [1.54, 1.807) is 7.11 Å². The zero-order chi connectivity index (χ0) is 11.6. The first-order valence-corrected chi connectivity index (χ1v) is 6.27. The van der Waals surface area contributed by atoms with Crippen LogP contribution in [0.5, 0.6) is 0 Å². The normalized spacial score (nSPS) is 44.1. The van der Waals surface area contributed by atoms with Crippen LogP contribution < -0.4 is 10.6 Å². The minimum absolute atomic E-state index is 0.146. The van der Waals surface area contributed by atoms with Crippen molar-refractivity contribution >= 4 is 0 Å². The van der Waals surface area contributed by atoms with Gasteiger partial charge in [-0.2, -0.15) is 0 Å². The standard InChI is InChI=1S/C12H24N2O2/c1-9-12(2,4-5-16-9)14-7-10-6-11(15-3)8-13-10/h9-11,13-14H,4-8H2,1-3H3. The van der Waals surface area contributed by atoms with Gasteiger partial charge in [-0.15, -0.1) is 0 Å². The average Bonchev–Trinajstić information content (AvgIpc) is 2.85. The Morgan fingerprint density at radius 3 is 2.94 bits per heavy atom. The summed E-state index contributed by atoms with van der Waals surface area (Å²) in [5.41, 5.74) is 0.146. The van der Waals surface area contributed by atoms with Crippen LogP contribution in [-0.2, 0) is 9.47 Å². The van der Waals surface area contributed by atoms with Crippen LogP contribution in [0.1, 0.15) is 26.7 Å². The van der Waals surface area contributed by atoms with Crippen molar-refractivity contribution in [3.05, 3.63) is 0 Å². The molecule has 4 atom stereocenters. The van der Waals surface area contributed by atoms with Gasteiger partial charge in [-0.05, 0) is 26.7 Å². The molecule has 2 saturated heterocycles. The fraction of sp³-hybridized carbons (Fsp3) is 1.00. The fourth-order valence-corrected chi connectivity index (χ4v) is 2.54. The zero-order valence-corrected chi connectivity index (χ0v) is 10.6. The Balaban J connectivity index is 1.75. The van der Waals surface area contributed by atoms with Gasteiger partial charge in [-0.1, -0.05) is 0 Å². The van der Waals surface area contributed by atoms with Crippen LogP contribution in [-0.4, -0.2) is 50.6 Å². The summed E-state index contributed by atoms with van der Waals surface area (Å²) in [6.07, 6.45) is 2.91. The highest BCUT2D eigenvalue weighted by Gasteiger charge is 2.37. The first-order chi connectivity index (χ1) is 7.64. The Morgan fingerprint density at radius 1 is 1.56 bits per heavy atom. The molecule has 2 N–H and O–H groups in total. The Hall–Kier alpha value is -0.160. The molecule has 4 unspecified atom stereocenters. The van der Waals surface area contributed by atoms with Crippen LogP contribution in [0, 0.1) is 0 Å². The van der Waals surface area contributed by atoms with E-state index in [-0.39, 0.29) is 5.54 Å². The van der Waals surface area contributed by atoms with Crippen molar-refractivity contribution in [2.75, 3.05) is 26.8 Å². The molecule has 2 aliphatic heterocycles. The lowest BCUT2D eigenvalue weighted by Gasteiger charge is -2.30. The number of nitrogens with one attached hydrogen (secondary N) is 2. The Morgan fingerprint density at radius 2 is 2.38 bits per heavy atom. The summed E-state index contributed by atoms with van der Waals surface area (Å²) < 4.78 is 11.0. The molecule has 0 aromatic carbocycles. The van der Waals surface area contributed by atoms with Crippen molar-refractivity contribution < 1.29 is 9.47 Å². The van der Waals surface area contributed by atoms with E-state index in [0.29, 0.717) is 18.2 Å². The Labute approximate surface area is 98.1 Å². The third-order valence-electron chi connectivity index (χ3n) is 4.15. The second kappa shape index (κ2) is 5.00. The van der Waals surface area contributed by atoms with Crippen molar-refractivity contribution in [1.82, 2.24) is 10.6 Å². The minimum Gasteiger partial charge on any atom is -0.380 e. The molecule has 2 aliphatic rings. The van der Waals surface area contributed by atoms with E-state index >= 15 is 0 Å². The Kier molecular flexibility index (Phi) is 3.85. The van der Waals surface area contributed by atoms with Gasteiger partial charge in [0.25, 0.3) is 0 Å². The van der Waals surface area contributed by atoms with E-state index in [2.05, 4.69) is 24.5 Å². The van der Waals surface area contributed by atoms with Crippen molar-refractivity contribution in [2.24, 2.45) is 0 Å². The summed E-state index contributed by atoms with van der Waals surface area (Å²) in [5, 5.41) is 7.14. The lowest BCUT2D eigenvalue weighted by Crippen LogP contribution is -2.51. The fourth-order valence-electron chi connectivity index (χ4n) is 2.54. The molecule has 0 amide bonds. The number of hydrogen-bond acceptors (Lipinski definition) is 4. The quantitative estimate of drug-likeness (QED) is 0.736. The molecule has 0 aromatic rings. The van der Waals surface area contributed by atoms with E-state index in [9.17, 15) is 0 Å². The van der Waals surface area contributed by atoms with Gasteiger partial charge in [0.1, 0.15) is 0 Å². The third kappa shape index (κ3) is 2.56. The third-order valence-corrected chi connectivity index (χ3v) is 4.15. The SMILES string of the molecule is COC1CNC(CNC2(C)CCOC2C)C1. The van der Waals surface area contributed by atoms with Crippen molar-refractivity contribution in [1.29, 1.82) is 0 Å². The van der Waals surface area contributed by atoms with E-state index in [4.69, 9.17) is 9.47 Å². The highest BCUT2D eigenvalue weighted by molar-refractivity contribution is 4.95. The molecular formula is C12H24N2O2. The van der Waals surface area contributed by atoms with E-state index in [1.165, 1.54) is 0 Å². The van der Waals surface area contributed by atoms with Gasteiger partial charge >= 0.3 is 0 Å². The van der Waals surface area contributed by atoms with Crippen molar-refractivity contribution in [3.8, 4) is 0 Å². The molecule has 0 bridgehead atoms. The molecule has 94 valence electrons. The number of hydrogen-bond donors (Lipinski definition) is 2. The highest BCUT2D eigenvalue weighted by Crippen LogP contribution is 2.25. The molecule has 4 heteroatoms. The van der Waals surface area contributed by atoms with Crippen LogP contribution in [0.2, 0.25) is 0 Å². The molecule has 0 saturated carbocycles. The summed E-state index contributed by atoms with van der Waals surface area (Å²) in [6.45, 7) is 7.27. The molecule has 2 fully saturated rings. The first-order valence-electron chi connectivity index (χ1n) is 6.27. The topological polar surface area (TPSA) is 42.5 Å². The summed E-state index contributed by atoms with van der Waals surface area (Å²) in [7, 11) is 1.79. The number of methoxy groups -OCH3 is 1. The van der Waals surface area contributed by atoms with Gasteiger partial charge in [-0.3, -0.25) is 0 Å². The molecule has 0 radical (unpaired) electrons. The number of ether oxygens (including phenoxy) is 2. The van der Waals surface area contributed by atoms with Crippen molar-refractivity contribution in [2.45, 2.75) is 50.5 Å². The maximum atomic E-state index is 5.62. The van der Waals surface area contributed by atoms with Gasteiger partial charge < -0.3 is 20.1 Å². The first kappa shape index (κ1) is 12.3. The van der Waals surface area contributed by atoms with Gasteiger partial charge in [0.15, 0.2) is 0 Å². The monoisotopic (exact) mass is 228 g/mol. The lowest BCUT2D eigenvalue weighted by molar-refractivity contribution is 0.0873. The van der Waals surface area contributed by atoms with Gasteiger partial charge in [0, 0.05) is 38.4 Å². The average molecular weight is 228 g/mol. The summed E-state index contributed by atoms with van der Waals surface area (Å²) in [5.74, 6) is 0. The molecule has 0 aromatic heterocycles. The predicted octanol–water partition coefficient (Wildman–Crippen LogP) is 0.520. The molecule has 4 nitrogen and oxygen atoms in total. The maximum Gasteiger partial charge on any atom is 0.0726 e. The summed E-state index contributed by atoms with van der Waals surface area (Å²) in [4.78, 5) is 0. The van der Waals surface area contributed by atoms with Gasteiger partial charge in [0.05, 0.1) is 12.2 Å². The number of rotatable bonds is 4. The molecule has 2 heterocycles. The largest absolute Gasteiger partial charge is 0.380 e. The van der Waals surface area contributed by atoms with E-state index in [0.717, 1.165) is 32.5 Å². The van der Waals surface area contributed by atoms with Crippen LogP contribution in [0.25, 0.3) is 0 Å². The van der Waals surface area contributed by atoms with Gasteiger partial charge in [0.2, 0.25) is 0 Å². The van der Waals surface area contributed by atoms with Crippen LogP contribution >= 0.6 is 0 Å². The predicted molar refractivity (Wildman–Crippen MR) is 63.6 cm³/mol. The van der Waals surface area contributed by atoms with E-state index < -0.39 is 0 Å². The van der Waals surface area contributed by atoms with E-state index in [1.807, 2.05) is 0 Å². The zero-order valence-electron chi connectivity index (χ0n) is 10.6. The smallest absolute Gasteiger partial charge is 0.0726 e. The second-order valence-electron chi connectivity index (χ2n) is 5.26. The van der Waals surface area contributed by atoms with Crippen LogP contribution in [0.3, 0.4) is 0 Å². The Bertz CT molecular complexity index is 237. The van der Waals surface area contributed by atoms with Crippen LogP contribution in [0.15, 0.2) is 0 Å². The minimum atomic E-state index is 0.146. The molecular weight excluding hydrogens is 204 g/mol. The highest BCUT2D eigenvalue weighted by atomic mass is 16.5. The molecule has 0 spiro atoms. The second-order valence-corrected chi connectivity index (χ2v) is 5.26. The summed E-state index contributed by atoms with van der Waals surface area (Å²) in [6, 6.07) is 0.537. The molecule has 0 aliphatic carbocycles. The van der Waals surface area contributed by atoms with Gasteiger partial charge in [-0.25, -0.2) is 0 Å². The molecule has 2 rings (SSSR count).